The number of carbonyl (C=O) groups is 1. The van der Waals surface area contributed by atoms with Gasteiger partial charge in [-0.2, -0.15) is 0 Å². The Balaban J connectivity index is 1.96. The zero-order chi connectivity index (χ0) is 14.2. The van der Waals surface area contributed by atoms with E-state index in [9.17, 15) is 4.79 Å². The summed E-state index contributed by atoms with van der Waals surface area (Å²) < 4.78 is 0. The number of carbonyl (C=O) groups excluding carboxylic acids is 1. The molecule has 1 aliphatic heterocycles. The Kier molecular flexibility index (Phi) is 3.01. The summed E-state index contributed by atoms with van der Waals surface area (Å²) in [6.45, 7) is 4.81. The summed E-state index contributed by atoms with van der Waals surface area (Å²) in [5.41, 5.74) is 2.72. The number of fused-ring (bicyclic) bond motifs is 1. The summed E-state index contributed by atoms with van der Waals surface area (Å²) in [4.78, 5) is 22.6. The summed E-state index contributed by atoms with van der Waals surface area (Å²) in [5.74, 6) is -0.0578. The molecule has 0 saturated carbocycles. The molecule has 0 unspecified atom stereocenters. The fraction of sp³-hybridized carbons (Fsp3) is 0.312. The molecule has 2 aromatic rings. The van der Waals surface area contributed by atoms with Crippen LogP contribution in [0.3, 0.4) is 0 Å². The van der Waals surface area contributed by atoms with Crippen LogP contribution in [0.15, 0.2) is 42.9 Å². The van der Waals surface area contributed by atoms with Crippen molar-refractivity contribution in [2.24, 2.45) is 0 Å². The monoisotopic (exact) mass is 267 g/mol. The third-order valence-corrected chi connectivity index (χ3v) is 3.83. The van der Waals surface area contributed by atoms with Crippen molar-refractivity contribution in [2.45, 2.75) is 32.4 Å². The first-order valence-corrected chi connectivity index (χ1v) is 6.73. The molecule has 1 aromatic heterocycles. The average Bonchev–Trinajstić information content (AvgIpc) is 2.46. The van der Waals surface area contributed by atoms with E-state index < -0.39 is 0 Å². The minimum absolute atomic E-state index is 0.0578. The van der Waals surface area contributed by atoms with Crippen molar-refractivity contribution in [1.82, 2.24) is 14.9 Å². The van der Waals surface area contributed by atoms with Crippen molar-refractivity contribution >= 4 is 5.91 Å². The average molecular weight is 267 g/mol. The SMILES string of the molecule is CC1(C)Cc2ccccc2CN1C(=O)c1cnccn1. The van der Waals surface area contributed by atoms with Gasteiger partial charge in [-0.05, 0) is 31.4 Å². The van der Waals surface area contributed by atoms with Crippen molar-refractivity contribution in [3.63, 3.8) is 0 Å². The normalized spacial score (nSPS) is 16.6. The second-order valence-electron chi connectivity index (χ2n) is 5.74. The molecule has 102 valence electrons. The van der Waals surface area contributed by atoms with E-state index in [1.54, 1.807) is 12.4 Å². The first kappa shape index (κ1) is 12.8. The molecule has 4 heteroatoms. The maximum Gasteiger partial charge on any atom is 0.274 e. The van der Waals surface area contributed by atoms with Crippen LogP contribution >= 0.6 is 0 Å². The lowest BCUT2D eigenvalue weighted by Gasteiger charge is -2.43. The van der Waals surface area contributed by atoms with E-state index in [0.717, 1.165) is 6.42 Å². The fourth-order valence-electron chi connectivity index (χ4n) is 2.72. The van der Waals surface area contributed by atoms with Gasteiger partial charge in [0.15, 0.2) is 0 Å². The number of nitrogens with zero attached hydrogens (tertiary/aromatic N) is 3. The van der Waals surface area contributed by atoms with Crippen molar-refractivity contribution in [1.29, 1.82) is 0 Å². The lowest BCUT2D eigenvalue weighted by atomic mass is 9.85. The predicted molar refractivity (Wildman–Crippen MR) is 76.1 cm³/mol. The van der Waals surface area contributed by atoms with Gasteiger partial charge in [0.25, 0.3) is 5.91 Å². The zero-order valence-corrected chi connectivity index (χ0v) is 11.7. The molecule has 0 spiro atoms. The van der Waals surface area contributed by atoms with E-state index in [4.69, 9.17) is 0 Å². The molecule has 0 atom stereocenters. The number of hydrogen-bond acceptors (Lipinski definition) is 3. The van der Waals surface area contributed by atoms with Crippen LogP contribution in [0.5, 0.6) is 0 Å². The Morgan fingerprint density at radius 1 is 1.20 bits per heavy atom. The van der Waals surface area contributed by atoms with E-state index in [1.165, 1.54) is 17.3 Å². The maximum absolute atomic E-state index is 12.6. The number of rotatable bonds is 1. The van der Waals surface area contributed by atoms with E-state index >= 15 is 0 Å². The molecule has 0 N–H and O–H groups in total. The Labute approximate surface area is 118 Å². The van der Waals surface area contributed by atoms with Crippen LogP contribution in [-0.4, -0.2) is 26.3 Å². The molecule has 3 rings (SSSR count). The summed E-state index contributed by atoms with van der Waals surface area (Å²) in [5, 5.41) is 0. The Bertz CT molecular complexity index is 637. The minimum Gasteiger partial charge on any atom is -0.327 e. The number of aromatic nitrogens is 2. The predicted octanol–water partition coefficient (Wildman–Crippen LogP) is 2.45. The molecule has 0 aliphatic carbocycles. The highest BCUT2D eigenvalue weighted by atomic mass is 16.2. The van der Waals surface area contributed by atoms with Gasteiger partial charge in [0.2, 0.25) is 0 Å². The summed E-state index contributed by atoms with van der Waals surface area (Å²) in [6.07, 6.45) is 5.51. The van der Waals surface area contributed by atoms with Gasteiger partial charge < -0.3 is 4.90 Å². The Hall–Kier alpha value is -2.23. The second-order valence-corrected chi connectivity index (χ2v) is 5.74. The molecule has 20 heavy (non-hydrogen) atoms. The highest BCUT2D eigenvalue weighted by molar-refractivity contribution is 5.92. The molecule has 0 saturated heterocycles. The smallest absolute Gasteiger partial charge is 0.274 e. The Morgan fingerprint density at radius 3 is 2.65 bits per heavy atom. The molecule has 4 nitrogen and oxygen atoms in total. The number of amides is 1. The molecule has 0 radical (unpaired) electrons. The van der Waals surface area contributed by atoms with Crippen molar-refractivity contribution in [2.75, 3.05) is 0 Å². The molecule has 1 aliphatic rings. The van der Waals surface area contributed by atoms with Crippen LogP contribution in [0, 0.1) is 0 Å². The van der Waals surface area contributed by atoms with Gasteiger partial charge >= 0.3 is 0 Å². The number of benzene rings is 1. The standard InChI is InChI=1S/C16H17N3O/c1-16(2)9-12-5-3-4-6-13(12)11-19(16)15(20)14-10-17-7-8-18-14/h3-8,10H,9,11H2,1-2H3. The van der Waals surface area contributed by atoms with Gasteiger partial charge in [-0.25, -0.2) is 4.98 Å². The Morgan fingerprint density at radius 2 is 1.95 bits per heavy atom. The van der Waals surface area contributed by atoms with Crippen molar-refractivity contribution in [3.05, 3.63) is 59.7 Å². The van der Waals surface area contributed by atoms with Crippen LogP contribution in [0.2, 0.25) is 0 Å². The first-order valence-electron chi connectivity index (χ1n) is 6.73. The van der Waals surface area contributed by atoms with Crippen LogP contribution in [0.4, 0.5) is 0 Å². The van der Waals surface area contributed by atoms with Crippen LogP contribution in [0.25, 0.3) is 0 Å². The van der Waals surface area contributed by atoms with Gasteiger partial charge in [0.1, 0.15) is 5.69 Å². The minimum atomic E-state index is -0.219. The third kappa shape index (κ3) is 2.18. The third-order valence-electron chi connectivity index (χ3n) is 3.83. The summed E-state index contributed by atoms with van der Waals surface area (Å²) >= 11 is 0. The van der Waals surface area contributed by atoms with Crippen LogP contribution < -0.4 is 0 Å². The van der Waals surface area contributed by atoms with E-state index in [1.807, 2.05) is 11.0 Å². The molecule has 1 amide bonds. The van der Waals surface area contributed by atoms with Gasteiger partial charge in [-0.3, -0.25) is 9.78 Å². The van der Waals surface area contributed by atoms with Crippen LogP contribution in [-0.2, 0) is 13.0 Å². The van der Waals surface area contributed by atoms with Crippen molar-refractivity contribution in [3.8, 4) is 0 Å². The maximum atomic E-state index is 12.6. The molecular weight excluding hydrogens is 250 g/mol. The highest BCUT2D eigenvalue weighted by Gasteiger charge is 2.36. The summed E-state index contributed by atoms with van der Waals surface area (Å²) in [6, 6.07) is 8.29. The van der Waals surface area contributed by atoms with Gasteiger partial charge in [-0.1, -0.05) is 24.3 Å². The molecule has 0 fully saturated rings. The largest absolute Gasteiger partial charge is 0.327 e. The zero-order valence-electron chi connectivity index (χ0n) is 11.7. The molecule has 2 heterocycles. The van der Waals surface area contributed by atoms with Gasteiger partial charge in [0.05, 0.1) is 6.20 Å². The fourth-order valence-corrected chi connectivity index (χ4v) is 2.72. The lowest BCUT2D eigenvalue weighted by molar-refractivity contribution is 0.0482. The van der Waals surface area contributed by atoms with E-state index in [2.05, 4.69) is 42.0 Å². The second kappa shape index (κ2) is 4.71. The molecule has 1 aromatic carbocycles. The van der Waals surface area contributed by atoms with Crippen molar-refractivity contribution < 1.29 is 4.79 Å². The first-order chi connectivity index (χ1) is 9.58. The number of hydrogen-bond donors (Lipinski definition) is 0. The van der Waals surface area contributed by atoms with E-state index in [0.29, 0.717) is 12.2 Å². The van der Waals surface area contributed by atoms with Crippen LogP contribution in [0.1, 0.15) is 35.5 Å². The quantitative estimate of drug-likeness (QED) is 0.797. The van der Waals surface area contributed by atoms with E-state index in [-0.39, 0.29) is 11.4 Å². The van der Waals surface area contributed by atoms with Gasteiger partial charge in [0, 0.05) is 24.5 Å². The highest BCUT2D eigenvalue weighted by Crippen LogP contribution is 2.31. The molecule has 0 bridgehead atoms. The lowest BCUT2D eigenvalue weighted by Crippen LogP contribution is -2.51. The summed E-state index contributed by atoms with van der Waals surface area (Å²) in [7, 11) is 0. The molecular formula is C16H17N3O. The van der Waals surface area contributed by atoms with Gasteiger partial charge in [-0.15, -0.1) is 0 Å². The topological polar surface area (TPSA) is 46.1 Å².